The van der Waals surface area contributed by atoms with E-state index in [1.165, 1.54) is 17.7 Å². The maximum atomic E-state index is 13.2. The van der Waals surface area contributed by atoms with Gasteiger partial charge in [0.25, 0.3) is 0 Å². The molecule has 0 unspecified atom stereocenters. The van der Waals surface area contributed by atoms with Gasteiger partial charge in [0.2, 0.25) is 5.91 Å². The van der Waals surface area contributed by atoms with E-state index in [1.807, 2.05) is 11.8 Å². The molecular formula is C24H29FN2O2. The molecule has 4 nitrogen and oxygen atoms in total. The van der Waals surface area contributed by atoms with Crippen LogP contribution in [0.25, 0.3) is 11.1 Å². The van der Waals surface area contributed by atoms with Crippen molar-refractivity contribution < 1.29 is 14.3 Å². The number of amides is 1. The van der Waals surface area contributed by atoms with E-state index in [0.29, 0.717) is 6.42 Å². The summed E-state index contributed by atoms with van der Waals surface area (Å²) < 4.78 is 13.2. The number of carbonyl (C=O) groups excluding carboxylic acids is 1. The minimum atomic E-state index is -0.235. The first kappa shape index (κ1) is 20.0. The Morgan fingerprint density at radius 3 is 2.28 bits per heavy atom. The Hall–Kier alpha value is -2.24. The average Bonchev–Trinajstić information content (AvgIpc) is 2.73. The van der Waals surface area contributed by atoms with Crippen molar-refractivity contribution >= 4 is 5.91 Å². The van der Waals surface area contributed by atoms with Crippen LogP contribution in [0.15, 0.2) is 48.5 Å². The minimum Gasteiger partial charge on any atom is -0.395 e. The van der Waals surface area contributed by atoms with Crippen LogP contribution in [0.3, 0.4) is 0 Å². The highest BCUT2D eigenvalue weighted by atomic mass is 19.1. The third-order valence-electron chi connectivity index (χ3n) is 6.50. The molecule has 2 aliphatic rings. The first-order chi connectivity index (χ1) is 14.1. The summed E-state index contributed by atoms with van der Waals surface area (Å²) in [6.45, 7) is 4.59. The number of halogens is 1. The van der Waals surface area contributed by atoms with Crippen molar-refractivity contribution in [1.82, 2.24) is 9.80 Å². The van der Waals surface area contributed by atoms with Crippen molar-refractivity contribution in [1.29, 1.82) is 0 Å². The highest BCUT2D eigenvalue weighted by molar-refractivity contribution is 5.76. The van der Waals surface area contributed by atoms with Crippen molar-refractivity contribution in [3.8, 4) is 11.1 Å². The number of fused-ring (bicyclic) bond motifs is 1. The Bertz CT molecular complexity index is 837. The number of aliphatic hydroxyl groups is 1. The Morgan fingerprint density at radius 1 is 1.03 bits per heavy atom. The summed E-state index contributed by atoms with van der Waals surface area (Å²) in [5, 5.41) is 10.0. The summed E-state index contributed by atoms with van der Waals surface area (Å²) in [5.74, 6) is 0.193. The quantitative estimate of drug-likeness (QED) is 0.858. The summed E-state index contributed by atoms with van der Waals surface area (Å²) in [6, 6.07) is 15.3. The Labute approximate surface area is 171 Å². The van der Waals surface area contributed by atoms with Gasteiger partial charge in [-0.25, -0.2) is 4.39 Å². The second-order valence-corrected chi connectivity index (χ2v) is 8.11. The number of hydrogen-bond acceptors (Lipinski definition) is 3. The molecule has 0 radical (unpaired) electrons. The fourth-order valence-corrected chi connectivity index (χ4v) is 4.93. The summed E-state index contributed by atoms with van der Waals surface area (Å²) in [6.07, 6.45) is 2.61. The van der Waals surface area contributed by atoms with Crippen LogP contribution >= 0.6 is 0 Å². The van der Waals surface area contributed by atoms with Crippen LogP contribution in [0.4, 0.5) is 4.39 Å². The van der Waals surface area contributed by atoms with Crippen molar-refractivity contribution in [2.75, 3.05) is 26.2 Å². The first-order valence-electron chi connectivity index (χ1n) is 10.6. The molecule has 0 saturated carbocycles. The number of rotatable bonds is 4. The van der Waals surface area contributed by atoms with Gasteiger partial charge in [-0.2, -0.15) is 0 Å². The van der Waals surface area contributed by atoms with Gasteiger partial charge in [0.05, 0.1) is 6.61 Å². The van der Waals surface area contributed by atoms with Crippen molar-refractivity contribution in [3.05, 3.63) is 59.9 Å². The van der Waals surface area contributed by atoms with Gasteiger partial charge in [-0.1, -0.05) is 43.3 Å². The molecule has 2 saturated heterocycles. The first-order valence-corrected chi connectivity index (χ1v) is 10.6. The van der Waals surface area contributed by atoms with Gasteiger partial charge in [0.15, 0.2) is 0 Å². The number of nitrogens with zero attached hydrogens (tertiary/aromatic N) is 2. The third-order valence-corrected chi connectivity index (χ3v) is 6.50. The summed E-state index contributed by atoms with van der Waals surface area (Å²) in [5.41, 5.74) is 3.23. The maximum Gasteiger partial charge on any atom is 0.222 e. The molecule has 2 aliphatic heterocycles. The zero-order valence-electron chi connectivity index (χ0n) is 16.9. The van der Waals surface area contributed by atoms with E-state index in [9.17, 15) is 14.3 Å². The summed E-state index contributed by atoms with van der Waals surface area (Å²) in [4.78, 5) is 16.7. The van der Waals surface area contributed by atoms with Crippen LogP contribution in [-0.2, 0) is 4.79 Å². The fraction of sp³-hybridized carbons (Fsp3) is 0.458. The number of hydrogen-bond donors (Lipinski definition) is 1. The zero-order valence-corrected chi connectivity index (χ0v) is 16.9. The molecular weight excluding hydrogens is 367 g/mol. The molecule has 2 aromatic carbocycles. The number of benzene rings is 2. The highest BCUT2D eigenvalue weighted by Gasteiger charge is 2.49. The van der Waals surface area contributed by atoms with Gasteiger partial charge in [0, 0.05) is 37.5 Å². The molecule has 1 N–H and O–H groups in total. The van der Waals surface area contributed by atoms with Crippen LogP contribution in [0.1, 0.15) is 37.7 Å². The summed E-state index contributed by atoms with van der Waals surface area (Å²) in [7, 11) is 0. The Kier molecular flexibility index (Phi) is 5.97. The normalized spacial score (nSPS) is 24.9. The molecule has 2 fully saturated rings. The molecule has 4 rings (SSSR count). The van der Waals surface area contributed by atoms with Gasteiger partial charge in [-0.3, -0.25) is 9.69 Å². The lowest BCUT2D eigenvalue weighted by Gasteiger charge is -2.57. The fourth-order valence-electron chi connectivity index (χ4n) is 4.93. The summed E-state index contributed by atoms with van der Waals surface area (Å²) >= 11 is 0. The molecule has 0 aromatic heterocycles. The van der Waals surface area contributed by atoms with E-state index in [2.05, 4.69) is 29.2 Å². The minimum absolute atomic E-state index is 0.105. The lowest BCUT2D eigenvalue weighted by Crippen LogP contribution is -2.67. The molecule has 29 heavy (non-hydrogen) atoms. The van der Waals surface area contributed by atoms with E-state index in [1.54, 1.807) is 12.1 Å². The van der Waals surface area contributed by atoms with Gasteiger partial charge in [0.1, 0.15) is 5.82 Å². The predicted molar refractivity (Wildman–Crippen MR) is 112 cm³/mol. The standard InChI is InChI=1S/C24H29FN2O2/c1-2-23(29)26-13-3-4-14-27-21(15-26)24(22(27)16-28)19-7-5-17(6-8-19)18-9-11-20(25)12-10-18/h5-12,21-22,24,28H,2-4,13-16H2,1H3/t21-,22-,24+/m1/s1. The van der Waals surface area contributed by atoms with Gasteiger partial charge < -0.3 is 10.0 Å². The molecule has 154 valence electrons. The van der Waals surface area contributed by atoms with E-state index in [4.69, 9.17) is 0 Å². The molecule has 2 heterocycles. The zero-order chi connectivity index (χ0) is 20.4. The second-order valence-electron chi connectivity index (χ2n) is 8.11. The molecule has 2 aromatic rings. The van der Waals surface area contributed by atoms with E-state index in [-0.39, 0.29) is 36.3 Å². The average molecular weight is 397 g/mol. The maximum absolute atomic E-state index is 13.2. The third kappa shape index (κ3) is 3.94. The van der Waals surface area contributed by atoms with Crippen molar-refractivity contribution in [2.45, 2.75) is 44.2 Å². The van der Waals surface area contributed by atoms with Gasteiger partial charge in [-0.15, -0.1) is 0 Å². The van der Waals surface area contributed by atoms with Crippen LogP contribution in [0.5, 0.6) is 0 Å². The molecule has 0 aliphatic carbocycles. The van der Waals surface area contributed by atoms with Crippen LogP contribution in [-0.4, -0.2) is 59.1 Å². The number of carbonyl (C=O) groups is 1. The lowest BCUT2D eigenvalue weighted by molar-refractivity contribution is -0.136. The largest absolute Gasteiger partial charge is 0.395 e. The lowest BCUT2D eigenvalue weighted by atomic mass is 9.74. The molecule has 1 amide bonds. The predicted octanol–water partition coefficient (Wildman–Crippen LogP) is 3.65. The Balaban J connectivity index is 1.57. The van der Waals surface area contributed by atoms with Crippen LogP contribution in [0, 0.1) is 5.82 Å². The van der Waals surface area contributed by atoms with Gasteiger partial charge >= 0.3 is 0 Å². The van der Waals surface area contributed by atoms with E-state index >= 15 is 0 Å². The van der Waals surface area contributed by atoms with Gasteiger partial charge in [-0.05, 0) is 48.2 Å². The van der Waals surface area contributed by atoms with Crippen molar-refractivity contribution in [2.24, 2.45) is 0 Å². The second kappa shape index (κ2) is 8.64. The highest BCUT2D eigenvalue weighted by Crippen LogP contribution is 2.42. The van der Waals surface area contributed by atoms with E-state index in [0.717, 1.165) is 43.6 Å². The van der Waals surface area contributed by atoms with Crippen LogP contribution < -0.4 is 0 Å². The SMILES string of the molecule is CCC(=O)N1CCCCN2[C@H](CO)[C@@H](c3ccc(-c4ccc(F)cc4)cc3)[C@H]2C1. The molecule has 0 spiro atoms. The Morgan fingerprint density at radius 2 is 1.66 bits per heavy atom. The monoisotopic (exact) mass is 396 g/mol. The molecule has 5 heteroatoms. The van der Waals surface area contributed by atoms with E-state index < -0.39 is 0 Å². The topological polar surface area (TPSA) is 43.8 Å². The molecule has 0 bridgehead atoms. The smallest absolute Gasteiger partial charge is 0.222 e. The van der Waals surface area contributed by atoms with Crippen LogP contribution in [0.2, 0.25) is 0 Å². The van der Waals surface area contributed by atoms with Crippen molar-refractivity contribution in [3.63, 3.8) is 0 Å². The number of aliphatic hydroxyl groups excluding tert-OH is 1. The molecule has 3 atom stereocenters.